The lowest BCUT2D eigenvalue weighted by Crippen LogP contribution is -2.01. The van der Waals surface area contributed by atoms with E-state index in [1.807, 2.05) is 6.92 Å². The van der Waals surface area contributed by atoms with E-state index < -0.39 is 0 Å². The van der Waals surface area contributed by atoms with Gasteiger partial charge in [-0.2, -0.15) is 5.10 Å². The molecule has 0 atom stereocenters. The van der Waals surface area contributed by atoms with E-state index in [0.717, 1.165) is 12.2 Å². The van der Waals surface area contributed by atoms with Gasteiger partial charge in [0.25, 0.3) is 0 Å². The van der Waals surface area contributed by atoms with E-state index in [4.69, 9.17) is 11.5 Å². The maximum atomic E-state index is 5.56. The maximum Gasteiger partial charge on any atom is 0.0989 e. The predicted molar refractivity (Wildman–Crippen MR) is 40.2 cm³/mol. The molecule has 0 saturated carbocycles. The van der Waals surface area contributed by atoms with Crippen molar-refractivity contribution >= 4 is 5.69 Å². The van der Waals surface area contributed by atoms with Crippen molar-refractivity contribution in [3.8, 4) is 0 Å². The number of nitrogens with two attached hydrogens (primary N) is 2. The highest BCUT2D eigenvalue weighted by Crippen LogP contribution is 2.06. The third-order valence-corrected chi connectivity index (χ3v) is 1.39. The number of anilines is 1. The van der Waals surface area contributed by atoms with Crippen molar-refractivity contribution in [1.82, 2.24) is 9.78 Å². The molecule has 0 aliphatic carbocycles. The van der Waals surface area contributed by atoms with Crippen LogP contribution in [0.5, 0.6) is 0 Å². The van der Waals surface area contributed by atoms with E-state index in [0.29, 0.717) is 12.2 Å². The fourth-order valence-electron chi connectivity index (χ4n) is 0.797. The molecule has 0 spiro atoms. The van der Waals surface area contributed by atoms with E-state index in [2.05, 4.69) is 5.10 Å². The zero-order chi connectivity index (χ0) is 7.56. The summed E-state index contributed by atoms with van der Waals surface area (Å²) in [5, 5.41) is 4.11. The first kappa shape index (κ1) is 7.08. The number of nitrogens with zero attached hydrogens (tertiary/aromatic N) is 2. The zero-order valence-electron chi connectivity index (χ0n) is 6.04. The number of aromatic nitrogens is 2. The molecule has 0 amide bonds. The smallest absolute Gasteiger partial charge is 0.0989 e. The minimum Gasteiger partial charge on any atom is -0.396 e. The van der Waals surface area contributed by atoms with Crippen molar-refractivity contribution in [2.24, 2.45) is 5.73 Å². The van der Waals surface area contributed by atoms with Gasteiger partial charge in [0.15, 0.2) is 0 Å². The van der Waals surface area contributed by atoms with E-state index >= 15 is 0 Å². The maximum absolute atomic E-state index is 5.56. The van der Waals surface area contributed by atoms with Crippen LogP contribution >= 0.6 is 0 Å². The van der Waals surface area contributed by atoms with Gasteiger partial charge in [0, 0.05) is 19.3 Å². The summed E-state index contributed by atoms with van der Waals surface area (Å²) in [5.74, 6) is 0. The van der Waals surface area contributed by atoms with Gasteiger partial charge in [0.05, 0.1) is 11.4 Å². The highest BCUT2D eigenvalue weighted by molar-refractivity contribution is 5.40. The molecule has 4 N–H and O–H groups in total. The summed E-state index contributed by atoms with van der Waals surface area (Å²) in [6, 6.07) is 0. The standard InChI is InChI=1S/C6H12N4/c1-2-10-4-5(8)6(3-7)9-10/h4H,2-3,7-8H2,1H3. The number of rotatable bonds is 2. The minimum absolute atomic E-state index is 0.416. The number of hydrogen-bond acceptors (Lipinski definition) is 3. The fourth-order valence-corrected chi connectivity index (χ4v) is 0.797. The van der Waals surface area contributed by atoms with E-state index in [9.17, 15) is 0 Å². The average molecular weight is 140 g/mol. The summed E-state index contributed by atoms with van der Waals surface area (Å²) in [6.45, 7) is 3.26. The molecule has 0 bridgehead atoms. The van der Waals surface area contributed by atoms with Crippen molar-refractivity contribution in [2.75, 3.05) is 5.73 Å². The van der Waals surface area contributed by atoms with Gasteiger partial charge in [-0.1, -0.05) is 0 Å². The van der Waals surface area contributed by atoms with Gasteiger partial charge in [-0.25, -0.2) is 0 Å². The quantitative estimate of drug-likeness (QED) is 0.604. The molecule has 0 unspecified atom stereocenters. The molecule has 1 rings (SSSR count). The molecular weight excluding hydrogens is 128 g/mol. The second kappa shape index (κ2) is 2.70. The predicted octanol–water partition coefficient (Wildman–Crippen LogP) is -0.0561. The highest BCUT2D eigenvalue weighted by atomic mass is 15.3. The van der Waals surface area contributed by atoms with E-state index in [-0.39, 0.29) is 0 Å². The monoisotopic (exact) mass is 140 g/mol. The summed E-state index contributed by atoms with van der Waals surface area (Å²) in [7, 11) is 0. The minimum atomic E-state index is 0.416. The van der Waals surface area contributed by atoms with Crippen molar-refractivity contribution in [3.05, 3.63) is 11.9 Å². The second-order valence-electron chi connectivity index (χ2n) is 2.09. The average Bonchev–Trinajstić information content (AvgIpc) is 2.30. The largest absolute Gasteiger partial charge is 0.396 e. The van der Waals surface area contributed by atoms with Crippen LogP contribution in [0.3, 0.4) is 0 Å². The molecule has 0 aliphatic rings. The van der Waals surface area contributed by atoms with E-state index in [1.165, 1.54) is 0 Å². The van der Waals surface area contributed by atoms with Crippen LogP contribution in [0, 0.1) is 0 Å². The Hall–Kier alpha value is -1.03. The Kier molecular flexibility index (Phi) is 1.91. The number of hydrogen-bond donors (Lipinski definition) is 2. The first-order chi connectivity index (χ1) is 4.77. The third kappa shape index (κ3) is 1.11. The molecule has 1 heterocycles. The lowest BCUT2D eigenvalue weighted by Gasteiger charge is -1.90. The van der Waals surface area contributed by atoms with Crippen LogP contribution in [0.25, 0.3) is 0 Å². The molecule has 1 aromatic rings. The first-order valence-corrected chi connectivity index (χ1v) is 3.29. The van der Waals surface area contributed by atoms with Gasteiger partial charge in [-0.15, -0.1) is 0 Å². The molecule has 4 heteroatoms. The molecule has 10 heavy (non-hydrogen) atoms. The molecule has 0 aromatic carbocycles. The Morgan fingerprint density at radius 3 is 2.70 bits per heavy atom. The third-order valence-electron chi connectivity index (χ3n) is 1.39. The SMILES string of the molecule is CCn1cc(N)c(CN)n1. The van der Waals surface area contributed by atoms with Gasteiger partial charge in [0.2, 0.25) is 0 Å². The molecular formula is C6H12N4. The van der Waals surface area contributed by atoms with Crippen LogP contribution in [0.1, 0.15) is 12.6 Å². The van der Waals surface area contributed by atoms with Gasteiger partial charge in [-0.3, -0.25) is 4.68 Å². The Bertz CT molecular complexity index is 216. The molecule has 0 aliphatic heterocycles. The van der Waals surface area contributed by atoms with Crippen LogP contribution in [-0.2, 0) is 13.1 Å². The summed E-state index contributed by atoms with van der Waals surface area (Å²) in [6.07, 6.45) is 1.79. The zero-order valence-corrected chi connectivity index (χ0v) is 6.04. The van der Waals surface area contributed by atoms with Crippen LogP contribution in [0.2, 0.25) is 0 Å². The van der Waals surface area contributed by atoms with Crippen LogP contribution in [0.15, 0.2) is 6.20 Å². The molecule has 0 radical (unpaired) electrons. The molecule has 0 fully saturated rings. The number of nitrogen functional groups attached to an aromatic ring is 1. The fraction of sp³-hybridized carbons (Fsp3) is 0.500. The normalized spacial score (nSPS) is 10.2. The molecule has 4 nitrogen and oxygen atoms in total. The van der Waals surface area contributed by atoms with Gasteiger partial charge in [-0.05, 0) is 6.92 Å². The van der Waals surface area contributed by atoms with Crippen molar-refractivity contribution < 1.29 is 0 Å². The van der Waals surface area contributed by atoms with Crippen LogP contribution in [-0.4, -0.2) is 9.78 Å². The lowest BCUT2D eigenvalue weighted by molar-refractivity contribution is 0.647. The Morgan fingerprint density at radius 1 is 1.70 bits per heavy atom. The van der Waals surface area contributed by atoms with E-state index in [1.54, 1.807) is 10.9 Å². The van der Waals surface area contributed by atoms with Crippen molar-refractivity contribution in [2.45, 2.75) is 20.0 Å². The van der Waals surface area contributed by atoms with Gasteiger partial charge in [0.1, 0.15) is 0 Å². The second-order valence-corrected chi connectivity index (χ2v) is 2.09. The van der Waals surface area contributed by atoms with Crippen molar-refractivity contribution in [1.29, 1.82) is 0 Å². The number of aryl methyl sites for hydroxylation is 1. The molecule has 56 valence electrons. The van der Waals surface area contributed by atoms with Crippen LogP contribution in [0.4, 0.5) is 5.69 Å². The van der Waals surface area contributed by atoms with Gasteiger partial charge >= 0.3 is 0 Å². The molecule has 0 saturated heterocycles. The Balaban J connectivity index is 2.92. The summed E-state index contributed by atoms with van der Waals surface area (Å²) in [5.41, 5.74) is 12.4. The summed E-state index contributed by atoms with van der Waals surface area (Å²) >= 11 is 0. The summed E-state index contributed by atoms with van der Waals surface area (Å²) in [4.78, 5) is 0. The Morgan fingerprint density at radius 2 is 2.40 bits per heavy atom. The topological polar surface area (TPSA) is 69.9 Å². The Labute approximate surface area is 59.8 Å². The first-order valence-electron chi connectivity index (χ1n) is 3.29. The molecule has 1 aromatic heterocycles. The summed E-state index contributed by atoms with van der Waals surface area (Å²) < 4.78 is 1.78. The van der Waals surface area contributed by atoms with Crippen LogP contribution < -0.4 is 11.5 Å². The highest BCUT2D eigenvalue weighted by Gasteiger charge is 2.00. The van der Waals surface area contributed by atoms with Gasteiger partial charge < -0.3 is 11.5 Å². The lowest BCUT2D eigenvalue weighted by atomic mass is 10.4. The van der Waals surface area contributed by atoms with Crippen molar-refractivity contribution in [3.63, 3.8) is 0 Å².